The van der Waals surface area contributed by atoms with Crippen LogP contribution in [0.2, 0.25) is 25.1 Å². The standard InChI is InChI=1S/C8H5Cl3.C8H6Cl2/c1-2-5-3-4-6(9)8(11)7(5)10;1-2-6-4-3-5-7(9)8(6)10/h2-4H,1H2;2-5H,1H2. The summed E-state index contributed by atoms with van der Waals surface area (Å²) < 4.78 is 0. The third-order valence-electron chi connectivity index (χ3n) is 2.49. The zero-order chi connectivity index (χ0) is 16.0. The van der Waals surface area contributed by atoms with E-state index >= 15 is 0 Å². The van der Waals surface area contributed by atoms with Crippen LogP contribution < -0.4 is 0 Å². The molecule has 0 heterocycles. The molecule has 0 spiro atoms. The van der Waals surface area contributed by atoms with Crippen LogP contribution in [0.1, 0.15) is 11.1 Å². The van der Waals surface area contributed by atoms with Crippen LogP contribution in [-0.2, 0) is 0 Å². The minimum Gasteiger partial charge on any atom is -0.0984 e. The molecule has 0 atom stereocenters. The second-order valence-corrected chi connectivity index (χ2v) is 5.76. The Morgan fingerprint density at radius 3 is 1.67 bits per heavy atom. The Balaban J connectivity index is 0.000000211. The largest absolute Gasteiger partial charge is 0.0984 e. The molecule has 21 heavy (non-hydrogen) atoms. The van der Waals surface area contributed by atoms with Crippen molar-refractivity contribution in [1.82, 2.24) is 0 Å². The van der Waals surface area contributed by atoms with E-state index in [1.165, 1.54) is 0 Å². The minimum atomic E-state index is 0.380. The Labute approximate surface area is 149 Å². The lowest BCUT2D eigenvalue weighted by Gasteiger charge is -2.01. The quantitative estimate of drug-likeness (QED) is 0.464. The molecule has 0 aliphatic heterocycles. The molecule has 0 amide bonds. The maximum Gasteiger partial charge on any atom is 0.0784 e. The van der Waals surface area contributed by atoms with Crippen LogP contribution >= 0.6 is 58.0 Å². The highest BCUT2D eigenvalue weighted by atomic mass is 35.5. The average Bonchev–Trinajstić information content (AvgIpc) is 2.49. The van der Waals surface area contributed by atoms with Crippen LogP contribution in [-0.4, -0.2) is 0 Å². The summed E-state index contributed by atoms with van der Waals surface area (Å²) in [7, 11) is 0. The van der Waals surface area contributed by atoms with E-state index in [9.17, 15) is 0 Å². The summed E-state index contributed by atoms with van der Waals surface area (Å²) >= 11 is 28.8. The molecular formula is C16H11Cl5. The van der Waals surface area contributed by atoms with Crippen molar-refractivity contribution in [2.45, 2.75) is 0 Å². The molecule has 2 aromatic carbocycles. The van der Waals surface area contributed by atoms with Crippen LogP contribution in [0.3, 0.4) is 0 Å². The first kappa shape index (κ1) is 18.4. The smallest absolute Gasteiger partial charge is 0.0784 e. The van der Waals surface area contributed by atoms with Gasteiger partial charge in [0.05, 0.1) is 25.1 Å². The van der Waals surface area contributed by atoms with Gasteiger partial charge in [-0.2, -0.15) is 0 Å². The maximum atomic E-state index is 5.81. The maximum absolute atomic E-state index is 5.81. The topological polar surface area (TPSA) is 0 Å². The van der Waals surface area contributed by atoms with Crippen molar-refractivity contribution in [1.29, 1.82) is 0 Å². The molecule has 0 nitrogen and oxygen atoms in total. The molecule has 0 bridgehead atoms. The minimum absolute atomic E-state index is 0.380. The lowest BCUT2D eigenvalue weighted by Crippen LogP contribution is -1.76. The van der Waals surface area contributed by atoms with E-state index in [0.29, 0.717) is 25.1 Å². The lowest BCUT2D eigenvalue weighted by molar-refractivity contribution is 1.66. The van der Waals surface area contributed by atoms with E-state index in [-0.39, 0.29) is 0 Å². The Morgan fingerprint density at radius 2 is 1.14 bits per heavy atom. The van der Waals surface area contributed by atoms with Gasteiger partial charge in [-0.25, -0.2) is 0 Å². The average molecular weight is 381 g/mol. The van der Waals surface area contributed by atoms with Gasteiger partial charge < -0.3 is 0 Å². The van der Waals surface area contributed by atoms with Crippen molar-refractivity contribution in [2.75, 3.05) is 0 Å². The molecule has 0 fully saturated rings. The summed E-state index contributed by atoms with van der Waals surface area (Å²) in [6.07, 6.45) is 3.30. The van der Waals surface area contributed by atoms with Crippen molar-refractivity contribution in [2.24, 2.45) is 0 Å². The van der Waals surface area contributed by atoms with E-state index in [4.69, 9.17) is 58.0 Å². The Morgan fingerprint density at radius 1 is 0.619 bits per heavy atom. The second kappa shape index (κ2) is 8.73. The molecule has 2 aromatic rings. The molecule has 5 heteroatoms. The Kier molecular flexibility index (Phi) is 7.65. The number of hydrogen-bond acceptors (Lipinski definition) is 0. The highest BCUT2D eigenvalue weighted by Crippen LogP contribution is 2.32. The first-order valence-electron chi connectivity index (χ1n) is 5.74. The molecule has 0 N–H and O–H groups in total. The van der Waals surface area contributed by atoms with Crippen molar-refractivity contribution >= 4 is 70.2 Å². The number of halogens is 5. The SMILES string of the molecule is C=Cc1ccc(Cl)c(Cl)c1Cl.C=Cc1cccc(Cl)c1Cl. The van der Waals surface area contributed by atoms with Gasteiger partial charge >= 0.3 is 0 Å². The number of rotatable bonds is 2. The molecule has 0 aliphatic rings. The predicted octanol–water partition coefficient (Wildman–Crippen LogP) is 7.93. The lowest BCUT2D eigenvalue weighted by atomic mass is 10.2. The first-order chi connectivity index (χ1) is 9.92. The Bertz CT molecular complexity index is 662. The van der Waals surface area contributed by atoms with E-state index in [1.807, 2.05) is 12.1 Å². The summed E-state index contributed by atoms with van der Waals surface area (Å²) in [4.78, 5) is 0. The van der Waals surface area contributed by atoms with Crippen LogP contribution in [0.4, 0.5) is 0 Å². The van der Waals surface area contributed by atoms with Crippen LogP contribution in [0.5, 0.6) is 0 Å². The molecule has 110 valence electrons. The van der Waals surface area contributed by atoms with Gasteiger partial charge in [-0.05, 0) is 23.3 Å². The highest BCUT2D eigenvalue weighted by Gasteiger charge is 2.05. The molecular weight excluding hydrogens is 369 g/mol. The van der Waals surface area contributed by atoms with Crippen molar-refractivity contribution in [3.8, 4) is 0 Å². The highest BCUT2D eigenvalue weighted by molar-refractivity contribution is 6.48. The van der Waals surface area contributed by atoms with Crippen molar-refractivity contribution < 1.29 is 0 Å². The first-order valence-corrected chi connectivity index (χ1v) is 7.63. The van der Waals surface area contributed by atoms with Crippen LogP contribution in [0.25, 0.3) is 12.2 Å². The van der Waals surface area contributed by atoms with Gasteiger partial charge in [-0.15, -0.1) is 0 Å². The summed E-state index contributed by atoms with van der Waals surface area (Å²) in [6.45, 7) is 7.17. The number of hydrogen-bond donors (Lipinski definition) is 0. The van der Waals surface area contributed by atoms with E-state index < -0.39 is 0 Å². The Hall–Kier alpha value is -0.630. The van der Waals surface area contributed by atoms with Gasteiger partial charge in [0.15, 0.2) is 0 Å². The fourth-order valence-electron chi connectivity index (χ4n) is 1.38. The van der Waals surface area contributed by atoms with Gasteiger partial charge in [0.1, 0.15) is 0 Å². The molecule has 0 saturated carbocycles. The zero-order valence-corrected chi connectivity index (χ0v) is 14.6. The van der Waals surface area contributed by atoms with Gasteiger partial charge in [0, 0.05) is 0 Å². The molecule has 0 radical (unpaired) electrons. The summed E-state index contributed by atoms with van der Waals surface area (Å²) in [5.41, 5.74) is 1.66. The summed E-state index contributed by atoms with van der Waals surface area (Å²) in [6, 6.07) is 8.90. The third-order valence-corrected chi connectivity index (χ3v) is 4.63. The number of benzene rings is 2. The zero-order valence-electron chi connectivity index (χ0n) is 10.8. The van der Waals surface area contributed by atoms with E-state index in [1.54, 1.807) is 30.4 Å². The van der Waals surface area contributed by atoms with Gasteiger partial charge in [0.2, 0.25) is 0 Å². The van der Waals surface area contributed by atoms with E-state index in [2.05, 4.69) is 13.2 Å². The summed E-state index contributed by atoms with van der Waals surface area (Å²) in [5, 5.41) is 2.43. The third kappa shape index (κ3) is 4.95. The molecule has 0 unspecified atom stereocenters. The molecule has 2 rings (SSSR count). The molecule has 0 aliphatic carbocycles. The monoisotopic (exact) mass is 378 g/mol. The van der Waals surface area contributed by atoms with Gasteiger partial charge in [0.25, 0.3) is 0 Å². The normalized spacial score (nSPS) is 9.57. The van der Waals surface area contributed by atoms with Gasteiger partial charge in [-0.1, -0.05) is 102 Å². The van der Waals surface area contributed by atoms with Gasteiger partial charge in [-0.3, -0.25) is 0 Å². The van der Waals surface area contributed by atoms with Crippen molar-refractivity contribution in [3.05, 3.63) is 79.7 Å². The van der Waals surface area contributed by atoms with Crippen molar-refractivity contribution in [3.63, 3.8) is 0 Å². The fraction of sp³-hybridized carbons (Fsp3) is 0. The molecule has 0 aromatic heterocycles. The van der Waals surface area contributed by atoms with E-state index in [0.717, 1.165) is 11.1 Å². The summed E-state index contributed by atoms with van der Waals surface area (Å²) in [5.74, 6) is 0. The molecule has 0 saturated heterocycles. The predicted molar refractivity (Wildman–Crippen MR) is 98.1 cm³/mol. The van der Waals surface area contributed by atoms with Crippen LogP contribution in [0.15, 0.2) is 43.5 Å². The fourth-order valence-corrected chi connectivity index (χ4v) is 2.38. The second-order valence-electron chi connectivity index (χ2n) is 3.82. The van der Waals surface area contributed by atoms with Crippen LogP contribution in [0, 0.1) is 0 Å².